The van der Waals surface area contributed by atoms with E-state index in [0.717, 1.165) is 61.0 Å². The van der Waals surface area contributed by atoms with Gasteiger partial charge < -0.3 is 33.2 Å². The summed E-state index contributed by atoms with van der Waals surface area (Å²) in [5.74, 6) is 2.60. The van der Waals surface area contributed by atoms with Gasteiger partial charge in [0.1, 0.15) is 0 Å². The zero-order chi connectivity index (χ0) is 15.1. The molecule has 0 heterocycles. The lowest BCUT2D eigenvalue weighted by molar-refractivity contribution is -0.888. The Morgan fingerprint density at radius 1 is 1.09 bits per heavy atom. The first-order chi connectivity index (χ1) is 9.92. The van der Waals surface area contributed by atoms with Gasteiger partial charge in [-0.25, -0.2) is 0 Å². The molecule has 0 aromatic carbocycles. The molecular weight excluding hydrogens is 389 g/mol. The molecule has 0 unspecified atom stereocenters. The van der Waals surface area contributed by atoms with Gasteiger partial charge >= 0.3 is 5.97 Å². The normalized spacial score (nSPS) is 36.0. The van der Waals surface area contributed by atoms with Crippen molar-refractivity contribution in [1.29, 1.82) is 0 Å². The number of hydrogen-bond acceptors (Lipinski definition) is 2. The zero-order valence-corrected chi connectivity index (χ0v) is 16.6. The minimum Gasteiger partial charge on any atom is -1.00 e. The molecule has 0 saturated heterocycles. The quantitative estimate of drug-likeness (QED) is 0.266. The van der Waals surface area contributed by atoms with Crippen LogP contribution < -0.4 is 24.0 Å². The maximum atomic E-state index is 12.7. The van der Waals surface area contributed by atoms with E-state index in [1.165, 1.54) is 19.3 Å². The monoisotopic (exact) mass is 421 g/mol. The third kappa shape index (κ3) is 3.80. The summed E-state index contributed by atoms with van der Waals surface area (Å²) < 4.78 is 6.73. The molecule has 4 heteroatoms. The molecule has 0 aromatic heterocycles. The average Bonchev–Trinajstić information content (AvgIpc) is 2.42. The maximum absolute atomic E-state index is 12.7. The van der Waals surface area contributed by atoms with Crippen LogP contribution in [0, 0.1) is 23.2 Å². The van der Waals surface area contributed by atoms with Crippen LogP contribution in [0.1, 0.15) is 51.9 Å². The van der Waals surface area contributed by atoms with Crippen LogP contribution in [0.5, 0.6) is 0 Å². The molecule has 0 radical (unpaired) electrons. The van der Waals surface area contributed by atoms with Crippen LogP contribution in [-0.2, 0) is 9.53 Å². The SMILES string of the molecule is CC[N+](C)(C)CCCOC(=O)C12CC3CC(CC(C3)C1)C2.[I-]. The van der Waals surface area contributed by atoms with E-state index in [2.05, 4.69) is 21.0 Å². The molecule has 4 fully saturated rings. The summed E-state index contributed by atoms with van der Waals surface area (Å²) in [5, 5.41) is 0. The van der Waals surface area contributed by atoms with E-state index < -0.39 is 0 Å². The Morgan fingerprint density at radius 2 is 1.59 bits per heavy atom. The number of rotatable bonds is 6. The summed E-state index contributed by atoms with van der Waals surface area (Å²) >= 11 is 0. The molecule has 128 valence electrons. The van der Waals surface area contributed by atoms with Crippen molar-refractivity contribution in [1.82, 2.24) is 0 Å². The Hall–Kier alpha value is 0.160. The molecule has 22 heavy (non-hydrogen) atoms. The number of halogens is 1. The molecule has 0 aliphatic heterocycles. The van der Waals surface area contributed by atoms with Gasteiger partial charge in [0.2, 0.25) is 0 Å². The highest BCUT2D eigenvalue weighted by atomic mass is 127. The van der Waals surface area contributed by atoms with Gasteiger partial charge in [-0.05, 0) is 63.2 Å². The molecule has 4 rings (SSSR count). The predicted molar refractivity (Wildman–Crippen MR) is 83.7 cm³/mol. The fraction of sp³-hybridized carbons (Fsp3) is 0.944. The van der Waals surface area contributed by atoms with Crippen LogP contribution in [0.25, 0.3) is 0 Å². The van der Waals surface area contributed by atoms with Crippen molar-refractivity contribution in [2.75, 3.05) is 33.8 Å². The van der Waals surface area contributed by atoms with E-state index in [1.807, 2.05) is 0 Å². The minimum atomic E-state index is -0.0795. The summed E-state index contributed by atoms with van der Waals surface area (Å²) in [5.41, 5.74) is -0.0795. The van der Waals surface area contributed by atoms with Gasteiger partial charge in [-0.2, -0.15) is 0 Å². The second kappa shape index (κ2) is 6.96. The zero-order valence-electron chi connectivity index (χ0n) is 14.4. The van der Waals surface area contributed by atoms with E-state index in [-0.39, 0.29) is 35.4 Å². The van der Waals surface area contributed by atoms with Gasteiger partial charge in [0, 0.05) is 6.42 Å². The Kier molecular flexibility index (Phi) is 5.85. The van der Waals surface area contributed by atoms with E-state index in [9.17, 15) is 4.79 Å². The molecule has 0 aromatic rings. The number of quaternary nitrogens is 1. The summed E-state index contributed by atoms with van der Waals surface area (Å²) in [4.78, 5) is 12.7. The highest BCUT2D eigenvalue weighted by Crippen LogP contribution is 2.60. The minimum absolute atomic E-state index is 0. The fourth-order valence-electron chi connectivity index (χ4n) is 5.33. The lowest BCUT2D eigenvalue weighted by Crippen LogP contribution is -3.00. The Morgan fingerprint density at radius 3 is 2.05 bits per heavy atom. The van der Waals surface area contributed by atoms with Crippen molar-refractivity contribution in [2.45, 2.75) is 51.9 Å². The fourth-order valence-corrected chi connectivity index (χ4v) is 5.33. The molecule has 4 saturated carbocycles. The van der Waals surface area contributed by atoms with Crippen molar-refractivity contribution < 1.29 is 38.0 Å². The molecule has 0 N–H and O–H groups in total. The largest absolute Gasteiger partial charge is 1.00 e. The first-order valence-electron chi connectivity index (χ1n) is 8.92. The summed E-state index contributed by atoms with van der Waals surface area (Å²) in [6.45, 7) is 5.04. The highest BCUT2D eigenvalue weighted by Gasteiger charge is 2.55. The molecule has 0 atom stereocenters. The molecule has 4 aliphatic carbocycles. The average molecular weight is 421 g/mol. The molecule has 4 aliphatic rings. The number of nitrogens with zero attached hydrogens (tertiary/aromatic N) is 1. The highest BCUT2D eigenvalue weighted by molar-refractivity contribution is 5.77. The van der Waals surface area contributed by atoms with E-state index >= 15 is 0 Å². The van der Waals surface area contributed by atoms with Crippen LogP contribution in [-0.4, -0.2) is 44.2 Å². The second-order valence-electron chi connectivity index (χ2n) is 8.66. The van der Waals surface area contributed by atoms with Crippen molar-refractivity contribution in [3.63, 3.8) is 0 Å². The van der Waals surface area contributed by atoms with Gasteiger partial charge in [0.05, 0.1) is 39.2 Å². The Balaban J connectivity index is 0.00000176. The lowest BCUT2D eigenvalue weighted by atomic mass is 9.49. The Labute approximate surface area is 152 Å². The van der Waals surface area contributed by atoms with Crippen molar-refractivity contribution in [2.24, 2.45) is 23.2 Å². The van der Waals surface area contributed by atoms with Gasteiger partial charge in [0.15, 0.2) is 0 Å². The van der Waals surface area contributed by atoms with E-state index in [4.69, 9.17) is 4.74 Å². The van der Waals surface area contributed by atoms with Crippen LogP contribution >= 0.6 is 0 Å². The van der Waals surface area contributed by atoms with Crippen LogP contribution in [0.3, 0.4) is 0 Å². The van der Waals surface area contributed by atoms with Crippen molar-refractivity contribution in [3.05, 3.63) is 0 Å². The number of hydrogen-bond donors (Lipinski definition) is 0. The van der Waals surface area contributed by atoms with E-state index in [0.29, 0.717) is 6.61 Å². The van der Waals surface area contributed by atoms with Crippen LogP contribution in [0.2, 0.25) is 0 Å². The number of carbonyl (C=O) groups excluding carboxylic acids is 1. The molecular formula is C18H32INO2. The Bertz CT molecular complexity index is 373. The first kappa shape index (κ1) is 18.5. The van der Waals surface area contributed by atoms with Gasteiger partial charge in [-0.1, -0.05) is 0 Å². The standard InChI is InChI=1S/C18H32NO2.HI/c1-4-19(2,3)6-5-7-21-17(20)18-11-14-8-15(12-18)10-16(9-14)13-18;/h14-16H,4-13H2,1-3H3;1H/q+1;/p-1. The smallest absolute Gasteiger partial charge is 0.312 e. The predicted octanol–water partition coefficient (Wildman–Crippen LogP) is 0.236. The van der Waals surface area contributed by atoms with Gasteiger partial charge in [0.25, 0.3) is 0 Å². The van der Waals surface area contributed by atoms with Crippen molar-refractivity contribution >= 4 is 5.97 Å². The number of carbonyl (C=O) groups is 1. The van der Waals surface area contributed by atoms with Crippen LogP contribution in [0.15, 0.2) is 0 Å². The van der Waals surface area contributed by atoms with Gasteiger partial charge in [-0.15, -0.1) is 0 Å². The summed E-state index contributed by atoms with van der Waals surface area (Å²) in [7, 11) is 4.47. The molecule has 0 amide bonds. The number of ether oxygens (including phenoxy) is 1. The summed E-state index contributed by atoms with van der Waals surface area (Å²) in [6, 6.07) is 0. The second-order valence-corrected chi connectivity index (χ2v) is 8.66. The number of esters is 1. The summed E-state index contributed by atoms with van der Waals surface area (Å²) in [6.07, 6.45) is 8.49. The topological polar surface area (TPSA) is 26.3 Å². The third-order valence-corrected chi connectivity index (χ3v) is 6.47. The van der Waals surface area contributed by atoms with Crippen molar-refractivity contribution in [3.8, 4) is 0 Å². The molecule has 0 spiro atoms. The lowest BCUT2D eigenvalue weighted by Gasteiger charge is -2.55. The third-order valence-electron chi connectivity index (χ3n) is 6.47. The first-order valence-corrected chi connectivity index (χ1v) is 8.92. The van der Waals surface area contributed by atoms with E-state index in [1.54, 1.807) is 0 Å². The van der Waals surface area contributed by atoms with Gasteiger partial charge in [-0.3, -0.25) is 4.79 Å². The molecule has 3 nitrogen and oxygen atoms in total. The van der Waals surface area contributed by atoms with Crippen LogP contribution in [0.4, 0.5) is 0 Å². The maximum Gasteiger partial charge on any atom is 0.312 e. The molecule has 4 bridgehead atoms.